The van der Waals surface area contributed by atoms with Gasteiger partial charge in [-0.1, -0.05) is 175 Å². The maximum absolute atomic E-state index is 13.6. The minimum absolute atomic E-state index is 0. The molecule has 0 saturated heterocycles. The molecule has 688 valence electrons. The highest BCUT2D eigenvalue weighted by molar-refractivity contribution is 5.69. The molecule has 4 N–H and O–H groups in total. The van der Waals surface area contributed by atoms with Gasteiger partial charge in [-0.2, -0.15) is 79.0 Å². The van der Waals surface area contributed by atoms with Crippen LogP contribution in [-0.2, 0) is 47.7 Å². The number of ether oxygens (including phenoxy) is 5. The fourth-order valence-corrected chi connectivity index (χ4v) is 19.0. The number of hydrogen-bond donors (Lipinski definition) is 4. The van der Waals surface area contributed by atoms with Crippen molar-refractivity contribution in [3.05, 3.63) is 141 Å². The van der Waals surface area contributed by atoms with E-state index in [1.54, 1.807) is 20.8 Å². The van der Waals surface area contributed by atoms with Crippen LogP contribution < -0.4 is 0 Å². The second kappa shape index (κ2) is 40.2. The van der Waals surface area contributed by atoms with Crippen molar-refractivity contribution in [3.8, 4) is 35.5 Å². The maximum Gasteiger partial charge on any atom is 0.450 e. The van der Waals surface area contributed by atoms with E-state index >= 15 is 0 Å². The molecule has 0 amide bonds. The average molecular weight is 1780 g/mol. The average Bonchev–Trinajstić information content (AvgIpc) is 1.08. The Morgan fingerprint density at radius 3 is 1.00 bits per heavy atom. The van der Waals surface area contributed by atoms with Gasteiger partial charge in [-0.25, -0.2) is 0 Å². The van der Waals surface area contributed by atoms with Crippen molar-refractivity contribution in [2.75, 3.05) is 0 Å². The summed E-state index contributed by atoms with van der Waals surface area (Å²) in [5.74, 6) is 4.64. The molecule has 0 bridgehead atoms. The second-order valence-corrected chi connectivity index (χ2v) is 34.1. The van der Waals surface area contributed by atoms with Crippen molar-refractivity contribution < 1.29 is 147 Å². The summed E-state index contributed by atoms with van der Waals surface area (Å²) in [7, 11) is 0. The van der Waals surface area contributed by atoms with E-state index in [2.05, 4.69) is 38.3 Å². The van der Waals surface area contributed by atoms with Gasteiger partial charge in [0.05, 0.1) is 12.2 Å². The van der Waals surface area contributed by atoms with Crippen LogP contribution in [0.4, 0.5) is 79.0 Å². The number of rotatable bonds is 14. The van der Waals surface area contributed by atoms with E-state index in [1.165, 1.54) is 39.2 Å². The van der Waals surface area contributed by atoms with Crippen molar-refractivity contribution in [3.63, 3.8) is 0 Å². The molecule has 0 heterocycles. The Morgan fingerprint density at radius 2 is 0.726 bits per heavy atom. The van der Waals surface area contributed by atoms with Crippen LogP contribution in [0.25, 0.3) is 0 Å². The minimum Gasteiger partial charge on any atom is -0.462 e. The Balaban J connectivity index is 0.000000288. The molecule has 0 aromatic rings. The lowest BCUT2D eigenvalue weighted by molar-refractivity contribution is -0.346. The molecule has 9 aliphatic carbocycles. The van der Waals surface area contributed by atoms with Crippen LogP contribution in [0.5, 0.6) is 0 Å². The first-order valence-corrected chi connectivity index (χ1v) is 40.5. The number of allylic oxidation sites excluding steroid dienone is 15. The van der Waals surface area contributed by atoms with Gasteiger partial charge in [-0.3, -0.25) is 24.0 Å². The summed E-state index contributed by atoms with van der Waals surface area (Å²) in [4.78, 5) is 57.7. The normalized spacial score (nSPS) is 29.6. The fourth-order valence-electron chi connectivity index (χ4n) is 19.0. The molecule has 9 unspecified atom stereocenters. The maximum atomic E-state index is 13.6. The molecule has 124 heavy (non-hydrogen) atoms. The summed E-state index contributed by atoms with van der Waals surface area (Å²) in [5, 5.41) is 38.6. The molecule has 0 aromatic heterocycles. The molecular formula is C92H110F18O14. The van der Waals surface area contributed by atoms with Gasteiger partial charge in [-0.15, -0.1) is 0 Å². The molecule has 0 spiro atoms. The molecule has 6 saturated carbocycles. The molecule has 9 aliphatic rings. The summed E-state index contributed by atoms with van der Waals surface area (Å²) in [5.41, 5.74) is -5.73. The predicted molar refractivity (Wildman–Crippen MR) is 424 cm³/mol. The first-order valence-electron chi connectivity index (χ1n) is 40.5. The molecule has 32 heteroatoms. The van der Waals surface area contributed by atoms with Gasteiger partial charge in [-0.05, 0) is 186 Å². The summed E-state index contributed by atoms with van der Waals surface area (Å²) in [6.45, 7) is 29.1. The van der Waals surface area contributed by atoms with Gasteiger partial charge in [0.25, 0.3) is 0 Å². The van der Waals surface area contributed by atoms with Crippen molar-refractivity contribution in [1.82, 2.24) is 0 Å². The van der Waals surface area contributed by atoms with Gasteiger partial charge in [0, 0.05) is 86.0 Å². The molecule has 6 fully saturated rings. The summed E-state index contributed by atoms with van der Waals surface area (Å²) >= 11 is 0. The lowest BCUT2D eigenvalue weighted by Gasteiger charge is -2.42. The van der Waals surface area contributed by atoms with E-state index in [9.17, 15) is 123 Å². The quantitative estimate of drug-likeness (QED) is 0.0419. The van der Waals surface area contributed by atoms with Gasteiger partial charge in [0.1, 0.15) is 24.4 Å². The predicted octanol–water partition coefficient (Wildman–Crippen LogP) is 21.3. The van der Waals surface area contributed by atoms with Gasteiger partial charge < -0.3 is 44.1 Å². The second-order valence-electron chi connectivity index (χ2n) is 34.1. The third-order valence-corrected chi connectivity index (χ3v) is 25.2. The molecule has 15 atom stereocenters. The Labute approximate surface area is 711 Å². The van der Waals surface area contributed by atoms with Crippen molar-refractivity contribution in [2.24, 2.45) is 51.8 Å². The summed E-state index contributed by atoms with van der Waals surface area (Å²) in [6, 6.07) is 0. The zero-order chi connectivity index (χ0) is 92.7. The number of aliphatic hydroxyl groups is 4. The Bertz CT molecular complexity index is 4470. The first kappa shape index (κ1) is 104. The topological polar surface area (TPSA) is 212 Å². The van der Waals surface area contributed by atoms with E-state index in [0.29, 0.717) is 75.0 Å². The van der Waals surface area contributed by atoms with E-state index in [-0.39, 0.29) is 67.6 Å². The number of esters is 5. The number of hydrogen-bond acceptors (Lipinski definition) is 14. The number of aliphatic hydroxyl groups excluding tert-OH is 2. The first-order chi connectivity index (χ1) is 56.5. The third kappa shape index (κ3) is 23.6. The highest BCUT2D eigenvalue weighted by Gasteiger charge is 2.75. The molecule has 14 nitrogen and oxygen atoms in total. The van der Waals surface area contributed by atoms with Crippen LogP contribution >= 0.6 is 0 Å². The zero-order valence-electron chi connectivity index (χ0n) is 70.3. The Morgan fingerprint density at radius 1 is 0.435 bits per heavy atom. The fraction of sp³-hybridized carbons (Fsp3) is 0.620. The largest absolute Gasteiger partial charge is 0.462 e. The number of carbonyl (C=O) groups is 5. The van der Waals surface area contributed by atoms with E-state index in [1.807, 2.05) is 79.4 Å². The molecule has 0 radical (unpaired) electrons. The number of halogens is 18. The summed E-state index contributed by atoms with van der Waals surface area (Å²) in [6.07, 6.45) is -11.3. The van der Waals surface area contributed by atoms with Crippen LogP contribution in [0.15, 0.2) is 141 Å². The standard InChI is InChI=1S/C33H38F6O6.C31H36F6O5.C27H32F6O3.CH4/c1-19(9-7-16-31(32(34,35)36,33(37,38)39)45-23(5)42)27-13-14-28-24(10-8-15-30(27,28)6)11-12-25-17-26(43-21(3)40)18-29(20(25)2)44-22(4)41;1-18(8-6-15-29(40,30(32,33)34)31(35,36)37)25-12-13-26-22(9-7-14-28(25,26)5)10-11-23-16-24(41-20(3)38)17-27(19(23)2)42-21(4)39;1-16(6-4-13-25(36,26(28,29)30)27(31,32)33)21-10-11-22-18(7-5-12-24(21,22)3)8-9-19-14-20(34)15-23(35)17(19)2;/h11-13,19,26,28-29H,2,8-10,14-15,17-18H2,1,3-6H3;10-12,18,24,26-27,40H,2,7-9,13-14,16-17H2,1,3-5H3;8-10,16,20,22-23,34-36H,2,5-7,11-12,14-15H2,1,3H3;1H4/b24-11+,25-12-;22-10+,23-11-;18-8+,19-9-;/t19?,26?,28?,29-,30+;18?,24?,26?,27-,28+;16?,20?,22?,23-,24+;/m000./s1. The van der Waals surface area contributed by atoms with Crippen molar-refractivity contribution in [2.45, 2.75) is 309 Å². The highest BCUT2D eigenvalue weighted by atomic mass is 19.4. The van der Waals surface area contributed by atoms with E-state index in [0.717, 1.165) is 114 Å². The molecule has 0 aromatic carbocycles. The zero-order valence-corrected chi connectivity index (χ0v) is 70.3. The number of carbonyl (C=O) groups excluding carboxylic acids is 5. The molecular weight excluding hydrogens is 1670 g/mol. The Hall–Kier alpha value is -8.51. The SMILES string of the molecule is C.C=C1/C(=C\C=C2/CCC[C@]3(C)C(C(C)CC#CC(O)(C(F)(F)F)C(F)(F)F)=CCC23)CC(O)C[C@@H]1O.C=C1/C(=C\C=C2/CCC[C@]3(C)C(C(C)CC#CC(O)(C(F)(F)F)C(F)(F)F)=CCC23)CC(OC(C)=O)C[C@@H]1OC(C)=O.C=C1/C(=C\C=C2/CCC[C@]3(C)C(C(C)CC#CC(OC(C)=O)(C(F)(F)F)C(F)(F)F)=CCC23)CC(OC(C)=O)C[C@@H]1OC(C)=O. The number of fused-ring (bicyclic) bond motifs is 3. The summed E-state index contributed by atoms with van der Waals surface area (Å²) < 4.78 is 262. The smallest absolute Gasteiger partial charge is 0.450 e. The molecule has 0 aliphatic heterocycles. The monoisotopic (exact) mass is 1780 g/mol. The van der Waals surface area contributed by atoms with Gasteiger partial charge in [0.2, 0.25) is 0 Å². The minimum atomic E-state index is -5.99. The lowest BCUT2D eigenvalue weighted by Crippen LogP contribution is -2.58. The van der Waals surface area contributed by atoms with Crippen molar-refractivity contribution in [1.29, 1.82) is 0 Å². The van der Waals surface area contributed by atoms with Crippen LogP contribution in [0.3, 0.4) is 0 Å². The number of alkyl halides is 18. The van der Waals surface area contributed by atoms with E-state index < -0.39 is 138 Å². The lowest BCUT2D eigenvalue weighted by atomic mass is 9.62. The van der Waals surface area contributed by atoms with Crippen LogP contribution in [0.2, 0.25) is 0 Å². The Kier molecular flexibility index (Phi) is 33.8. The van der Waals surface area contributed by atoms with Gasteiger partial charge in [0.15, 0.2) is 0 Å². The van der Waals surface area contributed by atoms with Crippen LogP contribution in [0.1, 0.15) is 218 Å². The van der Waals surface area contributed by atoms with Crippen LogP contribution in [-0.4, -0.2) is 141 Å². The van der Waals surface area contributed by atoms with Gasteiger partial charge >= 0.3 is 83.7 Å². The van der Waals surface area contributed by atoms with Crippen molar-refractivity contribution >= 4 is 29.8 Å². The van der Waals surface area contributed by atoms with E-state index in [4.69, 9.17) is 18.9 Å². The third-order valence-electron chi connectivity index (χ3n) is 25.2. The molecule has 9 rings (SSSR count). The highest BCUT2D eigenvalue weighted by Crippen LogP contribution is 2.61. The van der Waals surface area contributed by atoms with Crippen LogP contribution in [0, 0.1) is 87.3 Å².